The van der Waals surface area contributed by atoms with Crippen LogP contribution in [0.4, 0.5) is 13.2 Å². The molecule has 39 heavy (non-hydrogen) atoms. The molecule has 2 atom stereocenters. The van der Waals surface area contributed by atoms with E-state index in [9.17, 15) is 27.9 Å². The lowest BCUT2D eigenvalue weighted by molar-refractivity contribution is -0.141. The van der Waals surface area contributed by atoms with Crippen LogP contribution in [0.2, 0.25) is 0 Å². The highest BCUT2D eigenvalue weighted by molar-refractivity contribution is 6.03. The first kappa shape index (κ1) is 28.9. The molecule has 0 saturated carbocycles. The molecule has 0 radical (unpaired) electrons. The zero-order valence-corrected chi connectivity index (χ0v) is 22.5. The molecule has 2 saturated heterocycles. The standard InChI is InChI=1S/C30H37F3N2O4/c1-3-30(33,4-2)19-34-14-12-20(13-15-34)18-39-23-10-8-21(9-11-23)24-6-5-7-25(32)27(24)28(36)35-17-22(31)16-26(35)29(37)38/h5-11,20,22,26H,3-4,12-19H2,1-2H3,(H,37,38). The lowest BCUT2D eigenvalue weighted by Crippen LogP contribution is -2.44. The van der Waals surface area contributed by atoms with Crippen LogP contribution in [0.3, 0.4) is 0 Å². The zero-order chi connectivity index (χ0) is 28.2. The summed E-state index contributed by atoms with van der Waals surface area (Å²) in [6, 6.07) is 9.79. The molecule has 2 aromatic rings. The Hall–Kier alpha value is -3.07. The molecule has 0 aromatic heterocycles. The predicted octanol–water partition coefficient (Wildman–Crippen LogP) is 5.75. The molecule has 9 heteroatoms. The number of carboxylic acids is 1. The number of nitrogens with zero attached hydrogens (tertiary/aromatic N) is 2. The molecule has 0 bridgehead atoms. The van der Waals surface area contributed by atoms with Crippen molar-refractivity contribution in [1.29, 1.82) is 0 Å². The molecule has 2 heterocycles. The monoisotopic (exact) mass is 546 g/mol. The van der Waals surface area contributed by atoms with E-state index in [1.54, 1.807) is 30.3 Å². The van der Waals surface area contributed by atoms with Gasteiger partial charge in [0.2, 0.25) is 0 Å². The van der Waals surface area contributed by atoms with Crippen LogP contribution < -0.4 is 4.74 Å². The first-order valence-electron chi connectivity index (χ1n) is 13.7. The number of likely N-dealkylation sites (tertiary alicyclic amines) is 2. The van der Waals surface area contributed by atoms with Crippen LogP contribution in [-0.2, 0) is 4.79 Å². The Labute approximate surface area is 227 Å². The number of hydrogen-bond donors (Lipinski definition) is 1. The van der Waals surface area contributed by atoms with Crippen molar-refractivity contribution >= 4 is 11.9 Å². The Morgan fingerprint density at radius 2 is 1.74 bits per heavy atom. The summed E-state index contributed by atoms with van der Waals surface area (Å²) >= 11 is 0. The van der Waals surface area contributed by atoms with Crippen molar-refractivity contribution in [2.45, 2.75) is 63.8 Å². The van der Waals surface area contributed by atoms with Crippen LogP contribution in [-0.4, -0.2) is 77.5 Å². The van der Waals surface area contributed by atoms with E-state index in [2.05, 4.69) is 4.90 Å². The summed E-state index contributed by atoms with van der Waals surface area (Å²) < 4.78 is 49.6. The summed E-state index contributed by atoms with van der Waals surface area (Å²) in [6.07, 6.45) is 1.12. The minimum Gasteiger partial charge on any atom is -0.493 e. The number of amides is 1. The lowest BCUT2D eigenvalue weighted by Gasteiger charge is -2.36. The molecule has 2 fully saturated rings. The van der Waals surface area contributed by atoms with Gasteiger partial charge in [-0.05, 0) is 74.0 Å². The first-order valence-corrected chi connectivity index (χ1v) is 13.7. The molecule has 212 valence electrons. The molecule has 0 aliphatic carbocycles. The summed E-state index contributed by atoms with van der Waals surface area (Å²) in [5.74, 6) is -1.95. The maximum atomic E-state index is 14.9. The third-order valence-electron chi connectivity index (χ3n) is 8.16. The number of halogens is 3. The highest BCUT2D eigenvalue weighted by Crippen LogP contribution is 2.32. The fourth-order valence-corrected chi connectivity index (χ4v) is 5.50. The summed E-state index contributed by atoms with van der Waals surface area (Å²) in [6.45, 7) is 6.10. The molecule has 6 nitrogen and oxygen atoms in total. The summed E-state index contributed by atoms with van der Waals surface area (Å²) in [7, 11) is 0. The van der Waals surface area contributed by atoms with Gasteiger partial charge in [0.15, 0.2) is 0 Å². The minimum atomic E-state index is -1.47. The van der Waals surface area contributed by atoms with E-state index in [0.717, 1.165) is 36.9 Å². The quantitative estimate of drug-likeness (QED) is 0.411. The van der Waals surface area contributed by atoms with Crippen LogP contribution in [0, 0.1) is 11.7 Å². The van der Waals surface area contributed by atoms with E-state index >= 15 is 0 Å². The van der Waals surface area contributed by atoms with E-state index < -0.39 is 35.6 Å². The van der Waals surface area contributed by atoms with Crippen molar-refractivity contribution < 1.29 is 32.6 Å². The normalized spacial score (nSPS) is 20.8. The Balaban J connectivity index is 1.39. The average Bonchev–Trinajstić information content (AvgIpc) is 3.34. The van der Waals surface area contributed by atoms with E-state index in [-0.39, 0.29) is 18.5 Å². The third kappa shape index (κ3) is 6.75. The number of rotatable bonds is 10. The fraction of sp³-hybridized carbons (Fsp3) is 0.533. The highest BCUT2D eigenvalue weighted by atomic mass is 19.1. The van der Waals surface area contributed by atoms with Gasteiger partial charge in [-0.15, -0.1) is 0 Å². The van der Waals surface area contributed by atoms with Gasteiger partial charge in [-0.2, -0.15) is 0 Å². The lowest BCUT2D eigenvalue weighted by atomic mass is 9.94. The highest BCUT2D eigenvalue weighted by Gasteiger charge is 2.41. The first-order chi connectivity index (χ1) is 18.6. The van der Waals surface area contributed by atoms with Crippen molar-refractivity contribution in [2.24, 2.45) is 5.92 Å². The fourth-order valence-electron chi connectivity index (χ4n) is 5.50. The molecule has 1 amide bonds. The van der Waals surface area contributed by atoms with E-state index in [1.165, 1.54) is 6.07 Å². The summed E-state index contributed by atoms with van der Waals surface area (Å²) in [5.41, 5.74) is -0.544. The Kier molecular flexibility index (Phi) is 9.20. The van der Waals surface area contributed by atoms with Crippen LogP contribution in [0.25, 0.3) is 11.1 Å². The average molecular weight is 547 g/mol. The van der Waals surface area contributed by atoms with E-state index in [1.807, 2.05) is 13.8 Å². The SMILES string of the molecule is CCC(F)(CC)CN1CCC(COc2ccc(-c3cccc(F)c3C(=O)N3CC(F)CC3C(=O)O)cc2)CC1. The largest absolute Gasteiger partial charge is 0.493 e. The molecule has 2 aliphatic heterocycles. The molecule has 4 rings (SSSR count). The Morgan fingerprint density at radius 1 is 1.08 bits per heavy atom. The second-order valence-corrected chi connectivity index (χ2v) is 10.7. The van der Waals surface area contributed by atoms with Crippen LogP contribution in [0.1, 0.15) is 56.3 Å². The number of alkyl halides is 2. The van der Waals surface area contributed by atoms with Gasteiger partial charge in [-0.1, -0.05) is 38.1 Å². The van der Waals surface area contributed by atoms with Gasteiger partial charge in [-0.3, -0.25) is 4.79 Å². The zero-order valence-electron chi connectivity index (χ0n) is 22.5. The smallest absolute Gasteiger partial charge is 0.326 e. The number of carboxylic acid groups (broad SMARTS) is 1. The molecule has 1 N–H and O–H groups in total. The number of piperidine rings is 1. The van der Waals surface area contributed by atoms with Gasteiger partial charge in [-0.25, -0.2) is 18.0 Å². The maximum Gasteiger partial charge on any atom is 0.326 e. The second kappa shape index (κ2) is 12.4. The number of hydrogen-bond acceptors (Lipinski definition) is 4. The van der Waals surface area contributed by atoms with Crippen molar-refractivity contribution in [1.82, 2.24) is 9.80 Å². The van der Waals surface area contributed by atoms with Crippen LogP contribution in [0.5, 0.6) is 5.75 Å². The Bertz CT molecular complexity index is 1150. The number of benzene rings is 2. The maximum absolute atomic E-state index is 14.9. The van der Waals surface area contributed by atoms with Gasteiger partial charge in [0.25, 0.3) is 5.91 Å². The summed E-state index contributed by atoms with van der Waals surface area (Å²) in [4.78, 5) is 27.9. The van der Waals surface area contributed by atoms with Crippen molar-refractivity contribution in [3.05, 3.63) is 53.8 Å². The number of carbonyl (C=O) groups excluding carboxylic acids is 1. The number of carbonyl (C=O) groups is 2. The van der Waals surface area contributed by atoms with Gasteiger partial charge in [0.1, 0.15) is 29.4 Å². The van der Waals surface area contributed by atoms with Gasteiger partial charge in [0.05, 0.1) is 18.7 Å². The molecular formula is C30H37F3N2O4. The van der Waals surface area contributed by atoms with E-state index in [0.29, 0.717) is 48.8 Å². The predicted molar refractivity (Wildman–Crippen MR) is 143 cm³/mol. The third-order valence-corrected chi connectivity index (χ3v) is 8.16. The summed E-state index contributed by atoms with van der Waals surface area (Å²) in [5, 5.41) is 9.42. The molecule has 2 aromatic carbocycles. The van der Waals surface area contributed by atoms with Gasteiger partial charge >= 0.3 is 5.97 Å². The molecule has 2 aliphatic rings. The topological polar surface area (TPSA) is 70.1 Å². The minimum absolute atomic E-state index is 0.276. The second-order valence-electron chi connectivity index (χ2n) is 10.7. The van der Waals surface area contributed by atoms with Crippen molar-refractivity contribution in [3.63, 3.8) is 0 Å². The molecular weight excluding hydrogens is 509 g/mol. The van der Waals surface area contributed by atoms with Gasteiger partial charge in [0, 0.05) is 13.0 Å². The van der Waals surface area contributed by atoms with Crippen molar-refractivity contribution in [2.75, 3.05) is 32.8 Å². The Morgan fingerprint density at radius 3 is 2.36 bits per heavy atom. The molecule has 2 unspecified atom stereocenters. The van der Waals surface area contributed by atoms with Crippen LogP contribution >= 0.6 is 0 Å². The van der Waals surface area contributed by atoms with Crippen molar-refractivity contribution in [3.8, 4) is 16.9 Å². The molecule has 0 spiro atoms. The van der Waals surface area contributed by atoms with Crippen LogP contribution in [0.15, 0.2) is 42.5 Å². The number of aliphatic carboxylic acids is 1. The number of ether oxygens (including phenoxy) is 1. The van der Waals surface area contributed by atoms with E-state index in [4.69, 9.17) is 4.74 Å². The van der Waals surface area contributed by atoms with Gasteiger partial charge < -0.3 is 19.6 Å².